The second kappa shape index (κ2) is 7.34. The topological polar surface area (TPSA) is 30.5 Å². The summed E-state index contributed by atoms with van der Waals surface area (Å²) in [4.78, 5) is 0. The van der Waals surface area contributed by atoms with E-state index in [1.54, 1.807) is 13.2 Å². The summed E-state index contributed by atoms with van der Waals surface area (Å²) in [5.74, 6) is 1.39. The minimum Gasteiger partial charge on any atom is -0.493 e. The molecular weight excluding hydrogens is 286 g/mol. The van der Waals surface area contributed by atoms with E-state index in [4.69, 9.17) is 21.1 Å². The highest BCUT2D eigenvalue weighted by Gasteiger charge is 2.12. The summed E-state index contributed by atoms with van der Waals surface area (Å²) in [5.41, 5.74) is 3.33. The summed E-state index contributed by atoms with van der Waals surface area (Å²) in [6.07, 6.45) is 0. The maximum atomic E-state index is 6.11. The lowest BCUT2D eigenvalue weighted by Gasteiger charge is -2.16. The Morgan fingerprint density at radius 2 is 1.86 bits per heavy atom. The fourth-order valence-electron chi connectivity index (χ4n) is 2.10. The molecule has 112 valence electrons. The Hall–Kier alpha value is -1.71. The van der Waals surface area contributed by atoms with Crippen LogP contribution in [0.2, 0.25) is 5.02 Å². The monoisotopic (exact) mass is 305 g/mol. The van der Waals surface area contributed by atoms with Gasteiger partial charge in [-0.25, -0.2) is 0 Å². The zero-order valence-corrected chi connectivity index (χ0v) is 13.3. The van der Waals surface area contributed by atoms with Crippen LogP contribution < -0.4 is 14.8 Å². The van der Waals surface area contributed by atoms with Crippen LogP contribution in [-0.2, 0) is 13.2 Å². The van der Waals surface area contributed by atoms with Gasteiger partial charge in [-0.3, -0.25) is 0 Å². The Kier molecular flexibility index (Phi) is 5.48. The van der Waals surface area contributed by atoms with Gasteiger partial charge in [-0.1, -0.05) is 41.4 Å². The molecular formula is C17H20ClNO2. The van der Waals surface area contributed by atoms with E-state index in [1.807, 2.05) is 13.1 Å². The molecule has 0 spiro atoms. The van der Waals surface area contributed by atoms with Crippen molar-refractivity contribution in [3.05, 3.63) is 58.1 Å². The molecule has 0 aliphatic heterocycles. The summed E-state index contributed by atoms with van der Waals surface area (Å²) in [6.45, 7) is 3.23. The molecule has 0 amide bonds. The van der Waals surface area contributed by atoms with Gasteiger partial charge in [0, 0.05) is 23.2 Å². The Labute approximate surface area is 130 Å². The van der Waals surface area contributed by atoms with E-state index in [0.717, 1.165) is 16.9 Å². The van der Waals surface area contributed by atoms with Gasteiger partial charge in [0.05, 0.1) is 7.11 Å². The van der Waals surface area contributed by atoms with Crippen LogP contribution in [0, 0.1) is 6.92 Å². The second-order valence-corrected chi connectivity index (χ2v) is 5.34. The predicted molar refractivity (Wildman–Crippen MR) is 86.3 cm³/mol. The first-order valence-corrected chi connectivity index (χ1v) is 7.21. The summed E-state index contributed by atoms with van der Waals surface area (Å²) >= 11 is 6.11. The largest absolute Gasteiger partial charge is 0.493 e. The Bertz CT molecular complexity index is 596. The lowest BCUT2D eigenvalue weighted by molar-refractivity contribution is 0.281. The van der Waals surface area contributed by atoms with E-state index in [2.05, 4.69) is 36.5 Å². The van der Waals surface area contributed by atoms with Crippen LogP contribution in [0.3, 0.4) is 0 Å². The minimum absolute atomic E-state index is 0.495. The third-order valence-electron chi connectivity index (χ3n) is 3.19. The number of nitrogens with one attached hydrogen (secondary N) is 1. The van der Waals surface area contributed by atoms with Crippen molar-refractivity contribution in [1.82, 2.24) is 5.32 Å². The number of methoxy groups -OCH3 is 1. The molecule has 1 N–H and O–H groups in total. The molecule has 0 radical (unpaired) electrons. The first-order valence-electron chi connectivity index (χ1n) is 6.83. The molecule has 2 aromatic carbocycles. The molecule has 0 unspecified atom stereocenters. The molecule has 2 aromatic rings. The van der Waals surface area contributed by atoms with Crippen molar-refractivity contribution >= 4 is 11.6 Å². The van der Waals surface area contributed by atoms with Crippen molar-refractivity contribution in [2.75, 3.05) is 14.2 Å². The maximum Gasteiger partial charge on any atom is 0.166 e. The molecule has 3 nitrogen and oxygen atoms in total. The van der Waals surface area contributed by atoms with Gasteiger partial charge in [-0.15, -0.1) is 0 Å². The van der Waals surface area contributed by atoms with E-state index < -0.39 is 0 Å². The normalized spacial score (nSPS) is 10.5. The van der Waals surface area contributed by atoms with Gasteiger partial charge in [0.2, 0.25) is 0 Å². The Morgan fingerprint density at radius 1 is 1.14 bits per heavy atom. The second-order valence-electron chi connectivity index (χ2n) is 4.90. The molecule has 0 atom stereocenters. The Balaban J connectivity index is 2.22. The zero-order valence-electron chi connectivity index (χ0n) is 12.6. The minimum atomic E-state index is 0.495. The quantitative estimate of drug-likeness (QED) is 0.876. The van der Waals surface area contributed by atoms with Crippen LogP contribution in [0.15, 0.2) is 36.4 Å². The van der Waals surface area contributed by atoms with E-state index in [0.29, 0.717) is 23.9 Å². The number of benzene rings is 2. The van der Waals surface area contributed by atoms with E-state index in [9.17, 15) is 0 Å². The molecule has 0 fully saturated rings. The van der Waals surface area contributed by atoms with E-state index in [1.165, 1.54) is 5.56 Å². The fraction of sp³-hybridized carbons (Fsp3) is 0.294. The first kappa shape index (κ1) is 15.7. The average molecular weight is 306 g/mol. The first-order chi connectivity index (χ1) is 10.1. The number of hydrogen-bond donors (Lipinski definition) is 1. The molecule has 21 heavy (non-hydrogen) atoms. The van der Waals surface area contributed by atoms with Crippen molar-refractivity contribution < 1.29 is 9.47 Å². The summed E-state index contributed by atoms with van der Waals surface area (Å²) in [5, 5.41) is 3.75. The molecule has 0 saturated heterocycles. The van der Waals surface area contributed by atoms with Crippen molar-refractivity contribution in [2.45, 2.75) is 20.1 Å². The van der Waals surface area contributed by atoms with E-state index in [-0.39, 0.29) is 0 Å². The maximum absolute atomic E-state index is 6.11. The summed E-state index contributed by atoms with van der Waals surface area (Å²) < 4.78 is 11.4. The van der Waals surface area contributed by atoms with Crippen LogP contribution >= 0.6 is 11.6 Å². The molecule has 0 aromatic heterocycles. The van der Waals surface area contributed by atoms with E-state index >= 15 is 0 Å². The number of aryl methyl sites for hydroxylation is 1. The Morgan fingerprint density at radius 3 is 2.48 bits per heavy atom. The number of halogens is 1. The standard InChI is InChI=1S/C17H20ClNO2/c1-12-4-6-13(7-5-12)11-21-17-14(10-19-2)8-15(18)9-16(17)20-3/h4-9,19H,10-11H2,1-3H3. The van der Waals surface area contributed by atoms with Gasteiger partial charge in [0.1, 0.15) is 6.61 Å². The van der Waals surface area contributed by atoms with Crippen molar-refractivity contribution in [3.63, 3.8) is 0 Å². The number of hydrogen-bond acceptors (Lipinski definition) is 3. The predicted octanol–water partition coefficient (Wildman–Crippen LogP) is 3.96. The van der Waals surface area contributed by atoms with Gasteiger partial charge < -0.3 is 14.8 Å². The fourth-order valence-corrected chi connectivity index (χ4v) is 2.33. The highest BCUT2D eigenvalue weighted by atomic mass is 35.5. The van der Waals surface area contributed by atoms with Gasteiger partial charge >= 0.3 is 0 Å². The molecule has 0 aliphatic carbocycles. The van der Waals surface area contributed by atoms with Crippen LogP contribution in [0.4, 0.5) is 0 Å². The van der Waals surface area contributed by atoms with Gasteiger partial charge in [-0.2, -0.15) is 0 Å². The molecule has 2 rings (SSSR count). The van der Waals surface area contributed by atoms with Crippen LogP contribution in [0.5, 0.6) is 11.5 Å². The number of rotatable bonds is 6. The number of ether oxygens (including phenoxy) is 2. The highest BCUT2D eigenvalue weighted by Crippen LogP contribution is 2.35. The highest BCUT2D eigenvalue weighted by molar-refractivity contribution is 6.30. The zero-order chi connectivity index (χ0) is 15.2. The van der Waals surface area contributed by atoms with Crippen LogP contribution in [0.1, 0.15) is 16.7 Å². The van der Waals surface area contributed by atoms with Crippen molar-refractivity contribution in [1.29, 1.82) is 0 Å². The van der Waals surface area contributed by atoms with Crippen LogP contribution in [0.25, 0.3) is 0 Å². The lowest BCUT2D eigenvalue weighted by Crippen LogP contribution is -2.08. The molecule has 0 heterocycles. The third kappa shape index (κ3) is 4.13. The van der Waals surface area contributed by atoms with Crippen molar-refractivity contribution in [3.8, 4) is 11.5 Å². The summed E-state index contributed by atoms with van der Waals surface area (Å²) in [6, 6.07) is 11.9. The summed E-state index contributed by atoms with van der Waals surface area (Å²) in [7, 11) is 3.50. The molecule has 0 saturated carbocycles. The van der Waals surface area contributed by atoms with Crippen LogP contribution in [-0.4, -0.2) is 14.2 Å². The van der Waals surface area contributed by atoms with Crippen molar-refractivity contribution in [2.24, 2.45) is 0 Å². The molecule has 4 heteroatoms. The smallest absolute Gasteiger partial charge is 0.166 e. The van der Waals surface area contributed by atoms with Gasteiger partial charge in [0.25, 0.3) is 0 Å². The van der Waals surface area contributed by atoms with Gasteiger partial charge in [-0.05, 0) is 25.6 Å². The lowest BCUT2D eigenvalue weighted by atomic mass is 10.1. The average Bonchev–Trinajstić information content (AvgIpc) is 2.47. The molecule has 0 bridgehead atoms. The third-order valence-corrected chi connectivity index (χ3v) is 3.41. The molecule has 0 aliphatic rings. The SMILES string of the molecule is CNCc1cc(Cl)cc(OC)c1OCc1ccc(C)cc1. The van der Waals surface area contributed by atoms with Gasteiger partial charge in [0.15, 0.2) is 11.5 Å².